The van der Waals surface area contributed by atoms with Gasteiger partial charge in [-0.15, -0.1) is 0 Å². The average Bonchev–Trinajstić information content (AvgIpc) is 2.85. The van der Waals surface area contributed by atoms with Gasteiger partial charge in [-0.2, -0.15) is 0 Å². The van der Waals surface area contributed by atoms with Crippen LogP contribution in [0.1, 0.15) is 27.6 Å². The fourth-order valence-electron chi connectivity index (χ4n) is 3.61. The third-order valence-corrected chi connectivity index (χ3v) is 9.61. The lowest BCUT2D eigenvalue weighted by atomic mass is 10.1. The standard InChI is InChI=1S/C24H14Br2Cl2N2O8S2/c1-2-38-22(35)19(29-20(33)13-15(31)9-3-7(27)5-11(25)17(9)39-23(13)36)30-21(34)14-16(32)10-4-8(28)6-12(26)18(10)40-24(14)37/h3-6,19,36-37H,2H2,1H3,(H,29,33)(H,30,34). The van der Waals surface area contributed by atoms with Gasteiger partial charge in [0, 0.05) is 29.8 Å². The molecule has 0 atom stereocenters. The molecular weight excluding hydrogens is 739 g/mol. The predicted octanol–water partition coefficient (Wildman–Crippen LogP) is 5.13. The van der Waals surface area contributed by atoms with Crippen LogP contribution in [-0.2, 0) is 9.53 Å². The Bertz CT molecular complexity index is 1740. The second-order valence-electron chi connectivity index (χ2n) is 7.88. The van der Waals surface area contributed by atoms with E-state index in [0.29, 0.717) is 41.0 Å². The normalized spacial score (nSPS) is 11.2. The number of aromatic hydroxyl groups is 2. The first kappa shape index (κ1) is 30.2. The molecule has 0 aliphatic carbocycles. The molecule has 4 rings (SSSR count). The van der Waals surface area contributed by atoms with Gasteiger partial charge in [0.1, 0.15) is 11.1 Å². The molecular formula is C24H14Br2Cl2N2O8S2. The third-order valence-electron chi connectivity index (χ3n) is 5.31. The van der Waals surface area contributed by atoms with Crippen molar-refractivity contribution in [1.82, 2.24) is 10.6 Å². The Kier molecular flexibility index (Phi) is 9.07. The van der Waals surface area contributed by atoms with E-state index in [1.54, 1.807) is 0 Å². The number of carbonyl (C=O) groups is 3. The summed E-state index contributed by atoms with van der Waals surface area (Å²) in [6.07, 6.45) is -1.92. The molecule has 10 nitrogen and oxygen atoms in total. The van der Waals surface area contributed by atoms with E-state index >= 15 is 0 Å². The van der Waals surface area contributed by atoms with Crippen LogP contribution in [0, 0.1) is 0 Å². The highest BCUT2D eigenvalue weighted by atomic mass is 79.9. The van der Waals surface area contributed by atoms with Gasteiger partial charge < -0.3 is 25.6 Å². The second-order valence-corrected chi connectivity index (χ2v) is 12.5. The van der Waals surface area contributed by atoms with Gasteiger partial charge >= 0.3 is 5.97 Å². The van der Waals surface area contributed by atoms with E-state index in [1.165, 1.54) is 31.2 Å². The third kappa shape index (κ3) is 5.83. The van der Waals surface area contributed by atoms with Crippen molar-refractivity contribution in [3.63, 3.8) is 0 Å². The Hall–Kier alpha value is -2.75. The molecule has 0 radical (unpaired) electrons. The van der Waals surface area contributed by atoms with Gasteiger partial charge in [0.05, 0.1) is 16.0 Å². The SMILES string of the molecule is CCOC(=O)C(NC(=O)c1c(O)sc2c(Br)cc(Cl)cc2c1=O)NC(=O)c1c(O)sc2c(Br)cc(Cl)cc2c1=O. The summed E-state index contributed by atoms with van der Waals surface area (Å²) in [7, 11) is 0. The second kappa shape index (κ2) is 12.0. The minimum absolute atomic E-state index is 0.0208. The van der Waals surface area contributed by atoms with Crippen molar-refractivity contribution in [3.05, 3.63) is 74.8 Å². The topological polar surface area (TPSA) is 159 Å². The minimum atomic E-state index is -1.92. The van der Waals surface area contributed by atoms with Crippen LogP contribution in [0.2, 0.25) is 10.0 Å². The van der Waals surface area contributed by atoms with Crippen LogP contribution in [0.15, 0.2) is 42.8 Å². The zero-order valence-electron chi connectivity index (χ0n) is 19.8. The summed E-state index contributed by atoms with van der Waals surface area (Å²) in [6, 6.07) is 5.63. The van der Waals surface area contributed by atoms with Gasteiger partial charge in [-0.3, -0.25) is 19.2 Å². The van der Waals surface area contributed by atoms with Gasteiger partial charge in [0.15, 0.2) is 10.1 Å². The Morgan fingerprint density at radius 3 is 1.62 bits per heavy atom. The van der Waals surface area contributed by atoms with E-state index in [9.17, 15) is 34.2 Å². The van der Waals surface area contributed by atoms with E-state index in [1.807, 2.05) is 0 Å². The molecule has 0 fully saturated rings. The Balaban J connectivity index is 1.73. The molecule has 0 saturated heterocycles. The fraction of sp³-hybridized carbons (Fsp3) is 0.125. The van der Waals surface area contributed by atoms with Crippen molar-refractivity contribution in [2.45, 2.75) is 13.1 Å². The van der Waals surface area contributed by atoms with Crippen molar-refractivity contribution >= 4 is 116 Å². The lowest BCUT2D eigenvalue weighted by Crippen LogP contribution is -2.54. The maximum atomic E-state index is 13.1. The summed E-state index contributed by atoms with van der Waals surface area (Å²) in [5, 5.41) is 24.4. The van der Waals surface area contributed by atoms with Crippen LogP contribution < -0.4 is 21.5 Å². The monoisotopic (exact) mass is 750 g/mol. The number of hydrogen-bond acceptors (Lipinski definition) is 10. The number of fused-ring (bicyclic) bond motifs is 2. The van der Waals surface area contributed by atoms with E-state index < -0.39 is 56.1 Å². The van der Waals surface area contributed by atoms with Crippen molar-refractivity contribution in [3.8, 4) is 10.1 Å². The molecule has 0 unspecified atom stereocenters. The molecule has 40 heavy (non-hydrogen) atoms. The molecule has 0 bridgehead atoms. The summed E-state index contributed by atoms with van der Waals surface area (Å²) in [6.45, 7) is 1.33. The summed E-state index contributed by atoms with van der Waals surface area (Å²) < 4.78 is 6.37. The van der Waals surface area contributed by atoms with Crippen molar-refractivity contribution in [2.75, 3.05) is 6.61 Å². The van der Waals surface area contributed by atoms with Gasteiger partial charge in [-0.1, -0.05) is 45.9 Å². The number of nitrogens with one attached hydrogen (secondary N) is 2. The summed E-state index contributed by atoms with van der Waals surface area (Å²) >= 11 is 20.0. The quantitative estimate of drug-likeness (QED) is 0.156. The van der Waals surface area contributed by atoms with Crippen molar-refractivity contribution in [1.29, 1.82) is 0 Å². The molecule has 16 heteroatoms. The highest BCUT2D eigenvalue weighted by molar-refractivity contribution is 9.11. The Morgan fingerprint density at radius 2 is 1.25 bits per heavy atom. The molecule has 2 amide bonds. The Morgan fingerprint density at radius 1 is 0.850 bits per heavy atom. The van der Waals surface area contributed by atoms with Gasteiger partial charge in [0.25, 0.3) is 11.8 Å². The summed E-state index contributed by atoms with van der Waals surface area (Å²) in [5.41, 5.74) is -3.21. The molecule has 0 saturated carbocycles. The molecule has 2 aromatic heterocycles. The Labute approximate surface area is 258 Å². The average molecular weight is 753 g/mol. The first-order valence-corrected chi connectivity index (χ1v) is 14.9. The number of esters is 1. The minimum Gasteiger partial charge on any atom is -0.499 e. The summed E-state index contributed by atoms with van der Waals surface area (Å²) in [5.74, 6) is -3.59. The smallest absolute Gasteiger partial charge is 0.349 e. The molecule has 2 aromatic carbocycles. The molecule has 0 aliphatic rings. The van der Waals surface area contributed by atoms with E-state index in [-0.39, 0.29) is 27.4 Å². The lowest BCUT2D eigenvalue weighted by Gasteiger charge is -2.19. The maximum absolute atomic E-state index is 13.1. The number of hydrogen-bond donors (Lipinski definition) is 4. The number of benzene rings is 2. The van der Waals surface area contributed by atoms with Crippen LogP contribution in [0.25, 0.3) is 20.2 Å². The fourth-order valence-corrected chi connectivity index (χ4v) is 7.51. The van der Waals surface area contributed by atoms with Crippen LogP contribution in [0.5, 0.6) is 10.1 Å². The highest BCUT2D eigenvalue weighted by Gasteiger charge is 2.31. The number of halogens is 4. The lowest BCUT2D eigenvalue weighted by molar-refractivity contribution is -0.146. The first-order chi connectivity index (χ1) is 18.8. The summed E-state index contributed by atoms with van der Waals surface area (Å²) in [4.78, 5) is 65.1. The zero-order chi connectivity index (χ0) is 29.5. The van der Waals surface area contributed by atoms with Crippen molar-refractivity contribution < 1.29 is 29.3 Å². The number of ether oxygens (including phenoxy) is 1. The molecule has 4 N–H and O–H groups in total. The first-order valence-electron chi connectivity index (χ1n) is 10.9. The van der Waals surface area contributed by atoms with Crippen LogP contribution >= 0.6 is 77.7 Å². The zero-order valence-corrected chi connectivity index (χ0v) is 26.1. The van der Waals surface area contributed by atoms with E-state index in [2.05, 4.69) is 42.5 Å². The maximum Gasteiger partial charge on any atom is 0.349 e. The number of amides is 2. The van der Waals surface area contributed by atoms with E-state index in [4.69, 9.17) is 27.9 Å². The van der Waals surface area contributed by atoms with Crippen LogP contribution in [0.3, 0.4) is 0 Å². The number of carbonyl (C=O) groups excluding carboxylic acids is 3. The van der Waals surface area contributed by atoms with Gasteiger partial charge in [-0.25, -0.2) is 4.79 Å². The predicted molar refractivity (Wildman–Crippen MR) is 160 cm³/mol. The molecule has 0 spiro atoms. The van der Waals surface area contributed by atoms with Gasteiger partial charge in [-0.05, 0) is 63.0 Å². The van der Waals surface area contributed by atoms with Crippen molar-refractivity contribution in [2.24, 2.45) is 0 Å². The highest BCUT2D eigenvalue weighted by Crippen LogP contribution is 2.36. The molecule has 4 aromatic rings. The van der Waals surface area contributed by atoms with Crippen LogP contribution in [-0.4, -0.2) is 40.8 Å². The van der Waals surface area contributed by atoms with Gasteiger partial charge in [0.2, 0.25) is 17.0 Å². The number of rotatable bonds is 6. The largest absolute Gasteiger partial charge is 0.499 e. The molecule has 2 heterocycles. The van der Waals surface area contributed by atoms with E-state index in [0.717, 1.165) is 0 Å². The molecule has 208 valence electrons. The molecule has 0 aliphatic heterocycles. The van der Waals surface area contributed by atoms with Crippen LogP contribution in [0.4, 0.5) is 0 Å².